The molecule has 0 fully saturated rings. The zero-order chi connectivity index (χ0) is 18.1. The maximum Gasteiger partial charge on any atom is 0.257 e. The van der Waals surface area contributed by atoms with E-state index in [1.807, 2.05) is 43.6 Å². The van der Waals surface area contributed by atoms with Gasteiger partial charge in [-0.2, -0.15) is 5.10 Å². The maximum absolute atomic E-state index is 12.6. The third kappa shape index (κ3) is 3.44. The van der Waals surface area contributed by atoms with Gasteiger partial charge in [0.05, 0.1) is 23.1 Å². The number of fused-ring (bicyclic) bond motifs is 1. The van der Waals surface area contributed by atoms with Crippen LogP contribution >= 0.6 is 11.6 Å². The Kier molecular flexibility index (Phi) is 4.63. The van der Waals surface area contributed by atoms with Crippen molar-refractivity contribution in [3.05, 3.63) is 47.2 Å². The van der Waals surface area contributed by atoms with Crippen LogP contribution in [0.3, 0.4) is 0 Å². The number of carbonyl (C=O) groups is 1. The summed E-state index contributed by atoms with van der Waals surface area (Å²) in [4.78, 5) is 19.0. The SMILES string of the molecule is CC(C)n1ncc2cc(C(=O)Nc3cc(Cl)ccc3N(C)C)cnc21. The molecule has 0 radical (unpaired) electrons. The van der Waals surface area contributed by atoms with Crippen LogP contribution in [0.2, 0.25) is 5.02 Å². The Morgan fingerprint density at radius 1 is 1.24 bits per heavy atom. The molecule has 0 bridgehead atoms. The second-order valence-electron chi connectivity index (χ2n) is 6.33. The molecule has 1 N–H and O–H groups in total. The molecule has 2 aromatic heterocycles. The van der Waals surface area contributed by atoms with E-state index in [4.69, 9.17) is 11.6 Å². The first kappa shape index (κ1) is 17.2. The van der Waals surface area contributed by atoms with Crippen molar-refractivity contribution in [2.24, 2.45) is 0 Å². The number of rotatable bonds is 4. The monoisotopic (exact) mass is 357 g/mol. The van der Waals surface area contributed by atoms with Gasteiger partial charge in [-0.1, -0.05) is 11.6 Å². The molecule has 0 spiro atoms. The largest absolute Gasteiger partial charge is 0.376 e. The predicted molar refractivity (Wildman–Crippen MR) is 102 cm³/mol. The lowest BCUT2D eigenvalue weighted by atomic mass is 10.2. The minimum atomic E-state index is -0.239. The molecular formula is C18H20ClN5O. The number of anilines is 2. The van der Waals surface area contributed by atoms with Gasteiger partial charge in [0.2, 0.25) is 0 Å². The lowest BCUT2D eigenvalue weighted by Crippen LogP contribution is -2.17. The Morgan fingerprint density at radius 2 is 2.00 bits per heavy atom. The van der Waals surface area contributed by atoms with Gasteiger partial charge in [-0.25, -0.2) is 9.67 Å². The van der Waals surface area contributed by atoms with Gasteiger partial charge in [0.25, 0.3) is 5.91 Å². The summed E-state index contributed by atoms with van der Waals surface area (Å²) in [7, 11) is 3.82. The highest BCUT2D eigenvalue weighted by Gasteiger charge is 2.14. The summed E-state index contributed by atoms with van der Waals surface area (Å²) in [5.41, 5.74) is 2.77. The van der Waals surface area contributed by atoms with E-state index in [-0.39, 0.29) is 11.9 Å². The summed E-state index contributed by atoms with van der Waals surface area (Å²) >= 11 is 6.07. The number of carbonyl (C=O) groups excluding carboxylic acids is 1. The van der Waals surface area contributed by atoms with Gasteiger partial charge in [-0.15, -0.1) is 0 Å². The highest BCUT2D eigenvalue weighted by Crippen LogP contribution is 2.28. The second kappa shape index (κ2) is 6.72. The Hall–Kier alpha value is -2.60. The molecule has 0 aliphatic carbocycles. The van der Waals surface area contributed by atoms with Crippen LogP contribution < -0.4 is 10.2 Å². The molecule has 0 unspecified atom stereocenters. The fourth-order valence-electron chi connectivity index (χ4n) is 2.64. The normalized spacial score (nSPS) is 11.1. The standard InChI is InChI=1S/C18H20ClN5O/c1-11(2)24-17-12(10-21-24)7-13(9-20-17)18(25)22-15-8-14(19)5-6-16(15)23(3)4/h5-11H,1-4H3,(H,22,25). The van der Waals surface area contributed by atoms with Crippen LogP contribution in [0.25, 0.3) is 11.0 Å². The van der Waals surface area contributed by atoms with Gasteiger partial charge in [-0.05, 0) is 38.1 Å². The van der Waals surface area contributed by atoms with E-state index in [1.54, 1.807) is 30.6 Å². The average Bonchev–Trinajstić information content (AvgIpc) is 2.97. The first-order valence-corrected chi connectivity index (χ1v) is 8.36. The minimum absolute atomic E-state index is 0.207. The van der Waals surface area contributed by atoms with Crippen molar-refractivity contribution in [2.75, 3.05) is 24.3 Å². The van der Waals surface area contributed by atoms with Gasteiger partial charge in [-0.3, -0.25) is 4.79 Å². The van der Waals surface area contributed by atoms with E-state index in [1.165, 1.54) is 0 Å². The molecule has 7 heteroatoms. The van der Waals surface area contributed by atoms with Gasteiger partial charge >= 0.3 is 0 Å². The summed E-state index contributed by atoms with van der Waals surface area (Å²) in [6.45, 7) is 4.08. The third-order valence-electron chi connectivity index (χ3n) is 3.87. The summed E-state index contributed by atoms with van der Waals surface area (Å²) in [5, 5.41) is 8.63. The van der Waals surface area contributed by atoms with Crippen LogP contribution in [-0.2, 0) is 0 Å². The smallest absolute Gasteiger partial charge is 0.257 e. The van der Waals surface area contributed by atoms with E-state index < -0.39 is 0 Å². The van der Waals surface area contributed by atoms with E-state index >= 15 is 0 Å². The van der Waals surface area contributed by atoms with Crippen molar-refractivity contribution in [1.82, 2.24) is 14.8 Å². The number of nitrogens with one attached hydrogen (secondary N) is 1. The number of amides is 1. The molecule has 130 valence electrons. The molecule has 0 saturated heterocycles. The summed E-state index contributed by atoms with van der Waals surface area (Å²) in [6, 6.07) is 7.40. The van der Waals surface area contributed by atoms with Crippen LogP contribution in [0.4, 0.5) is 11.4 Å². The number of hydrogen-bond acceptors (Lipinski definition) is 4. The van der Waals surface area contributed by atoms with Gasteiger partial charge in [0.15, 0.2) is 5.65 Å². The van der Waals surface area contributed by atoms with Crippen molar-refractivity contribution in [3.63, 3.8) is 0 Å². The summed E-state index contributed by atoms with van der Waals surface area (Å²) in [6.07, 6.45) is 3.29. The molecule has 3 rings (SSSR count). The molecule has 2 heterocycles. The first-order valence-electron chi connectivity index (χ1n) is 7.98. The predicted octanol–water partition coefficient (Wildman–Crippen LogP) is 3.98. The average molecular weight is 358 g/mol. The summed E-state index contributed by atoms with van der Waals surface area (Å²) in [5.74, 6) is -0.239. The zero-order valence-electron chi connectivity index (χ0n) is 14.6. The Morgan fingerprint density at radius 3 is 2.68 bits per heavy atom. The maximum atomic E-state index is 12.6. The molecule has 6 nitrogen and oxygen atoms in total. The molecule has 3 aromatic rings. The fourth-order valence-corrected chi connectivity index (χ4v) is 2.81. The zero-order valence-corrected chi connectivity index (χ0v) is 15.4. The van der Waals surface area contributed by atoms with Crippen molar-refractivity contribution < 1.29 is 4.79 Å². The first-order chi connectivity index (χ1) is 11.9. The number of aromatic nitrogens is 3. The minimum Gasteiger partial charge on any atom is -0.376 e. The Labute approximate surface area is 151 Å². The molecule has 1 aromatic carbocycles. The van der Waals surface area contributed by atoms with Crippen molar-refractivity contribution in [3.8, 4) is 0 Å². The van der Waals surface area contributed by atoms with Crippen LogP contribution in [-0.4, -0.2) is 34.8 Å². The molecule has 0 atom stereocenters. The van der Waals surface area contributed by atoms with Gasteiger partial charge < -0.3 is 10.2 Å². The Balaban J connectivity index is 1.92. The second-order valence-corrected chi connectivity index (χ2v) is 6.77. The van der Waals surface area contributed by atoms with Gasteiger partial charge in [0.1, 0.15) is 0 Å². The fraction of sp³-hybridized carbons (Fsp3) is 0.278. The van der Waals surface area contributed by atoms with Crippen molar-refractivity contribution in [2.45, 2.75) is 19.9 Å². The molecule has 0 aliphatic rings. The van der Waals surface area contributed by atoms with Crippen LogP contribution in [0.15, 0.2) is 36.7 Å². The highest BCUT2D eigenvalue weighted by molar-refractivity contribution is 6.31. The van der Waals surface area contributed by atoms with E-state index in [0.29, 0.717) is 16.3 Å². The lowest BCUT2D eigenvalue weighted by Gasteiger charge is -2.18. The molecule has 0 aliphatic heterocycles. The van der Waals surface area contributed by atoms with E-state index in [0.717, 1.165) is 16.7 Å². The molecule has 1 amide bonds. The third-order valence-corrected chi connectivity index (χ3v) is 4.11. The number of halogens is 1. The summed E-state index contributed by atoms with van der Waals surface area (Å²) < 4.78 is 1.83. The van der Waals surface area contributed by atoms with E-state index in [9.17, 15) is 4.79 Å². The number of nitrogens with zero attached hydrogens (tertiary/aromatic N) is 4. The van der Waals surface area contributed by atoms with E-state index in [2.05, 4.69) is 15.4 Å². The number of benzene rings is 1. The number of hydrogen-bond donors (Lipinski definition) is 1. The molecule has 25 heavy (non-hydrogen) atoms. The van der Waals surface area contributed by atoms with Crippen LogP contribution in [0.1, 0.15) is 30.2 Å². The highest BCUT2D eigenvalue weighted by atomic mass is 35.5. The lowest BCUT2D eigenvalue weighted by molar-refractivity contribution is 0.102. The molecular weight excluding hydrogens is 338 g/mol. The van der Waals surface area contributed by atoms with Crippen molar-refractivity contribution >= 4 is 39.9 Å². The Bertz CT molecular complexity index is 932. The topological polar surface area (TPSA) is 63.1 Å². The van der Waals surface area contributed by atoms with Gasteiger partial charge in [0, 0.05) is 36.7 Å². The quantitative estimate of drug-likeness (QED) is 0.767. The van der Waals surface area contributed by atoms with Crippen LogP contribution in [0.5, 0.6) is 0 Å². The van der Waals surface area contributed by atoms with Crippen molar-refractivity contribution in [1.29, 1.82) is 0 Å². The van der Waals surface area contributed by atoms with Crippen LogP contribution in [0, 0.1) is 0 Å². The number of pyridine rings is 1. The molecule has 0 saturated carbocycles.